The minimum Gasteiger partial charge on any atom is -0.444 e. The van der Waals surface area contributed by atoms with Crippen molar-refractivity contribution in [2.45, 2.75) is 46.3 Å². The molecule has 112 valence electrons. The van der Waals surface area contributed by atoms with Gasteiger partial charge in [-0.2, -0.15) is 0 Å². The summed E-state index contributed by atoms with van der Waals surface area (Å²) < 4.78 is 5.37. The Morgan fingerprint density at radius 2 is 1.95 bits per heavy atom. The maximum absolute atomic E-state index is 12.0. The van der Waals surface area contributed by atoms with E-state index in [4.69, 9.17) is 4.74 Å². The lowest BCUT2D eigenvalue weighted by Gasteiger charge is -2.24. The molecule has 2 N–H and O–H groups in total. The number of amides is 1. The van der Waals surface area contributed by atoms with E-state index in [-0.39, 0.29) is 18.6 Å². The lowest BCUT2D eigenvalue weighted by molar-refractivity contribution is 0.0281. The number of rotatable bonds is 4. The van der Waals surface area contributed by atoms with Gasteiger partial charge in [-0.3, -0.25) is 0 Å². The Morgan fingerprint density at radius 3 is 2.42 bits per heavy atom. The SMILES string of the molecule is CC(C)NC[C@@H]1CN(C(=O)OC(C)(C)C)C[C@H]1CO. The van der Waals surface area contributed by atoms with Gasteiger partial charge in [0, 0.05) is 38.2 Å². The summed E-state index contributed by atoms with van der Waals surface area (Å²) in [6.07, 6.45) is -0.280. The van der Waals surface area contributed by atoms with E-state index < -0.39 is 5.60 Å². The highest BCUT2D eigenvalue weighted by molar-refractivity contribution is 5.68. The minimum atomic E-state index is -0.472. The summed E-state index contributed by atoms with van der Waals surface area (Å²) in [5.41, 5.74) is -0.472. The number of carbonyl (C=O) groups excluding carboxylic acids is 1. The summed E-state index contributed by atoms with van der Waals surface area (Å²) in [7, 11) is 0. The molecule has 1 amide bonds. The van der Waals surface area contributed by atoms with Crippen LogP contribution in [0.1, 0.15) is 34.6 Å². The van der Waals surface area contributed by atoms with Crippen molar-refractivity contribution < 1.29 is 14.6 Å². The number of hydrogen-bond acceptors (Lipinski definition) is 4. The molecular weight excluding hydrogens is 244 g/mol. The van der Waals surface area contributed by atoms with Gasteiger partial charge in [0.1, 0.15) is 5.60 Å². The maximum Gasteiger partial charge on any atom is 0.410 e. The van der Waals surface area contributed by atoms with Crippen molar-refractivity contribution in [1.82, 2.24) is 10.2 Å². The maximum atomic E-state index is 12.0. The second-order valence-corrected chi connectivity index (χ2v) is 6.65. The summed E-state index contributed by atoms with van der Waals surface area (Å²) in [4.78, 5) is 13.7. The largest absolute Gasteiger partial charge is 0.444 e. The molecule has 1 fully saturated rings. The lowest BCUT2D eigenvalue weighted by atomic mass is 9.97. The molecule has 1 aliphatic rings. The standard InChI is InChI=1S/C14H28N2O3/c1-10(2)15-6-11-7-16(8-12(11)9-17)13(18)19-14(3,4)5/h10-12,15,17H,6-9H2,1-5H3/t11-,12+/m1/s1. The van der Waals surface area contributed by atoms with Gasteiger partial charge in [0.2, 0.25) is 0 Å². The number of carbonyl (C=O) groups is 1. The van der Waals surface area contributed by atoms with Gasteiger partial charge in [0.05, 0.1) is 0 Å². The molecule has 0 bridgehead atoms. The third-order valence-corrected chi connectivity index (χ3v) is 3.25. The van der Waals surface area contributed by atoms with E-state index in [1.807, 2.05) is 20.8 Å². The molecule has 0 spiro atoms. The van der Waals surface area contributed by atoms with Crippen LogP contribution < -0.4 is 5.32 Å². The molecule has 19 heavy (non-hydrogen) atoms. The van der Waals surface area contributed by atoms with E-state index in [1.165, 1.54) is 0 Å². The van der Waals surface area contributed by atoms with Crippen LogP contribution in [-0.4, -0.2) is 54.0 Å². The lowest BCUT2D eigenvalue weighted by Crippen LogP contribution is -2.36. The number of aliphatic hydroxyl groups is 1. The smallest absolute Gasteiger partial charge is 0.410 e. The number of nitrogens with one attached hydrogen (secondary N) is 1. The molecule has 5 heteroatoms. The second kappa shape index (κ2) is 6.57. The van der Waals surface area contributed by atoms with Crippen LogP contribution in [0.15, 0.2) is 0 Å². The van der Waals surface area contributed by atoms with Crippen LogP contribution in [0, 0.1) is 11.8 Å². The van der Waals surface area contributed by atoms with Crippen molar-refractivity contribution in [1.29, 1.82) is 0 Å². The van der Waals surface area contributed by atoms with Gasteiger partial charge in [0.15, 0.2) is 0 Å². The molecule has 0 aromatic rings. The molecule has 0 saturated carbocycles. The van der Waals surface area contributed by atoms with Crippen molar-refractivity contribution in [3.05, 3.63) is 0 Å². The summed E-state index contributed by atoms with van der Waals surface area (Å²) in [6.45, 7) is 11.9. The zero-order chi connectivity index (χ0) is 14.6. The highest BCUT2D eigenvalue weighted by atomic mass is 16.6. The second-order valence-electron chi connectivity index (χ2n) is 6.65. The Labute approximate surface area is 116 Å². The van der Waals surface area contributed by atoms with Gasteiger partial charge in [-0.25, -0.2) is 4.79 Å². The van der Waals surface area contributed by atoms with E-state index >= 15 is 0 Å². The van der Waals surface area contributed by atoms with Crippen molar-refractivity contribution in [2.75, 3.05) is 26.2 Å². The van der Waals surface area contributed by atoms with Crippen molar-refractivity contribution in [3.8, 4) is 0 Å². The Kier molecular flexibility index (Phi) is 5.62. The van der Waals surface area contributed by atoms with Crippen LogP contribution in [0.3, 0.4) is 0 Å². The first-order valence-corrected chi connectivity index (χ1v) is 7.05. The first-order chi connectivity index (χ1) is 8.73. The first-order valence-electron chi connectivity index (χ1n) is 7.05. The van der Waals surface area contributed by atoms with Gasteiger partial charge in [-0.1, -0.05) is 13.8 Å². The van der Waals surface area contributed by atoms with E-state index in [0.717, 1.165) is 6.54 Å². The fraction of sp³-hybridized carbons (Fsp3) is 0.929. The van der Waals surface area contributed by atoms with Crippen LogP contribution in [0.25, 0.3) is 0 Å². The normalized spacial score (nSPS) is 24.1. The van der Waals surface area contributed by atoms with Gasteiger partial charge in [0.25, 0.3) is 0 Å². The Balaban J connectivity index is 2.53. The topological polar surface area (TPSA) is 61.8 Å². The van der Waals surface area contributed by atoms with Crippen molar-refractivity contribution in [3.63, 3.8) is 0 Å². The highest BCUT2D eigenvalue weighted by Gasteiger charge is 2.36. The van der Waals surface area contributed by atoms with Gasteiger partial charge >= 0.3 is 6.09 Å². The quantitative estimate of drug-likeness (QED) is 0.813. The molecule has 1 rings (SSSR count). The Bertz CT molecular complexity index is 300. The fourth-order valence-corrected chi connectivity index (χ4v) is 2.24. The van der Waals surface area contributed by atoms with E-state index in [2.05, 4.69) is 19.2 Å². The highest BCUT2D eigenvalue weighted by Crippen LogP contribution is 2.24. The third-order valence-electron chi connectivity index (χ3n) is 3.25. The zero-order valence-electron chi connectivity index (χ0n) is 12.8. The molecule has 0 unspecified atom stereocenters. The Morgan fingerprint density at radius 1 is 1.37 bits per heavy atom. The molecule has 1 saturated heterocycles. The molecule has 0 aromatic carbocycles. The van der Waals surface area contributed by atoms with Gasteiger partial charge in [-0.15, -0.1) is 0 Å². The molecule has 1 heterocycles. The van der Waals surface area contributed by atoms with Crippen LogP contribution in [0.4, 0.5) is 4.79 Å². The van der Waals surface area contributed by atoms with E-state index in [9.17, 15) is 9.90 Å². The van der Waals surface area contributed by atoms with Crippen LogP contribution in [-0.2, 0) is 4.74 Å². The summed E-state index contributed by atoms with van der Waals surface area (Å²) >= 11 is 0. The van der Waals surface area contributed by atoms with Crippen LogP contribution >= 0.6 is 0 Å². The minimum absolute atomic E-state index is 0.115. The zero-order valence-corrected chi connectivity index (χ0v) is 12.8. The number of ether oxygens (including phenoxy) is 1. The average Bonchev–Trinajstić information content (AvgIpc) is 2.67. The van der Waals surface area contributed by atoms with Crippen LogP contribution in [0.5, 0.6) is 0 Å². The number of likely N-dealkylation sites (tertiary alicyclic amines) is 1. The average molecular weight is 272 g/mol. The van der Waals surface area contributed by atoms with Crippen LogP contribution in [0.2, 0.25) is 0 Å². The third kappa shape index (κ3) is 5.37. The molecule has 0 radical (unpaired) electrons. The van der Waals surface area contributed by atoms with Crippen molar-refractivity contribution >= 4 is 6.09 Å². The predicted octanol–water partition coefficient (Wildman–Crippen LogP) is 1.46. The molecule has 0 aromatic heterocycles. The fourth-order valence-electron chi connectivity index (χ4n) is 2.24. The summed E-state index contributed by atoms with van der Waals surface area (Å²) in [5.74, 6) is 0.429. The molecular formula is C14H28N2O3. The molecule has 0 aliphatic carbocycles. The monoisotopic (exact) mass is 272 g/mol. The summed E-state index contributed by atoms with van der Waals surface area (Å²) in [5, 5.41) is 12.8. The van der Waals surface area contributed by atoms with Gasteiger partial charge < -0.3 is 20.1 Å². The first kappa shape index (κ1) is 16.2. The molecule has 2 atom stereocenters. The van der Waals surface area contributed by atoms with E-state index in [1.54, 1.807) is 4.90 Å². The van der Waals surface area contributed by atoms with E-state index in [0.29, 0.717) is 25.0 Å². The summed E-state index contributed by atoms with van der Waals surface area (Å²) in [6, 6.07) is 0.412. The molecule has 5 nitrogen and oxygen atoms in total. The van der Waals surface area contributed by atoms with Gasteiger partial charge in [-0.05, 0) is 26.7 Å². The predicted molar refractivity (Wildman–Crippen MR) is 75.0 cm³/mol. The Hall–Kier alpha value is -0.810. The number of nitrogens with zero attached hydrogens (tertiary/aromatic N) is 1. The number of aliphatic hydroxyl groups excluding tert-OH is 1. The molecule has 1 aliphatic heterocycles. The number of hydrogen-bond donors (Lipinski definition) is 2. The van der Waals surface area contributed by atoms with Crippen molar-refractivity contribution in [2.24, 2.45) is 11.8 Å².